The summed E-state index contributed by atoms with van der Waals surface area (Å²) in [7, 11) is 1.51. The van der Waals surface area contributed by atoms with E-state index in [0.717, 1.165) is 0 Å². The number of halogens is 1. The molecular weight excluding hydrogens is 294 g/mol. The highest BCUT2D eigenvalue weighted by atomic mass is 35.5. The van der Waals surface area contributed by atoms with E-state index in [1.807, 2.05) is 6.07 Å². The molecule has 1 saturated heterocycles. The van der Waals surface area contributed by atoms with E-state index in [4.69, 9.17) is 16.3 Å². The first-order chi connectivity index (χ1) is 10.0. The summed E-state index contributed by atoms with van der Waals surface area (Å²) in [6, 6.07) is 6.27. The third kappa shape index (κ3) is 3.62. The minimum Gasteiger partial charge on any atom is -0.480 e. The first-order valence-electron chi connectivity index (χ1n) is 6.51. The van der Waals surface area contributed by atoms with Gasteiger partial charge in [0.15, 0.2) is 0 Å². The van der Waals surface area contributed by atoms with E-state index in [2.05, 4.69) is 0 Å². The fourth-order valence-electron chi connectivity index (χ4n) is 2.31. The molecule has 0 aliphatic carbocycles. The monoisotopic (exact) mass is 309 g/mol. The van der Waals surface area contributed by atoms with Gasteiger partial charge >= 0.3 is 5.97 Å². The second-order valence-electron chi connectivity index (χ2n) is 4.79. The summed E-state index contributed by atoms with van der Waals surface area (Å²) in [5.41, 5.74) is 0.710. The number of ether oxygens (including phenoxy) is 1. The van der Waals surface area contributed by atoms with E-state index in [1.54, 1.807) is 24.3 Å². The lowest BCUT2D eigenvalue weighted by Crippen LogP contribution is -2.39. The Morgan fingerprint density at radius 1 is 1.43 bits per heavy atom. The summed E-state index contributed by atoms with van der Waals surface area (Å²) >= 11 is 6.00. The van der Waals surface area contributed by atoms with Gasteiger partial charge in [-0.05, 0) is 17.7 Å². The van der Waals surface area contributed by atoms with Crippen LogP contribution in [-0.4, -0.2) is 47.7 Å². The zero-order valence-electron chi connectivity index (χ0n) is 11.5. The molecule has 0 aromatic heterocycles. The average Bonchev–Trinajstić information content (AvgIpc) is 2.90. The van der Waals surface area contributed by atoms with Crippen LogP contribution in [0.25, 0.3) is 6.08 Å². The van der Waals surface area contributed by atoms with Crippen molar-refractivity contribution in [2.45, 2.75) is 18.6 Å². The van der Waals surface area contributed by atoms with Gasteiger partial charge in [-0.2, -0.15) is 0 Å². The van der Waals surface area contributed by atoms with Crippen LogP contribution in [0.3, 0.4) is 0 Å². The van der Waals surface area contributed by atoms with E-state index in [-0.39, 0.29) is 18.6 Å². The quantitative estimate of drug-likeness (QED) is 0.865. The van der Waals surface area contributed by atoms with Crippen LogP contribution in [-0.2, 0) is 14.3 Å². The largest absolute Gasteiger partial charge is 0.480 e. The highest BCUT2D eigenvalue weighted by Crippen LogP contribution is 2.22. The van der Waals surface area contributed by atoms with Crippen LogP contribution in [0.1, 0.15) is 12.0 Å². The van der Waals surface area contributed by atoms with Crippen molar-refractivity contribution in [3.05, 3.63) is 40.9 Å². The van der Waals surface area contributed by atoms with Gasteiger partial charge in [0.25, 0.3) is 0 Å². The van der Waals surface area contributed by atoms with Gasteiger partial charge in [0.2, 0.25) is 5.91 Å². The number of methoxy groups -OCH3 is 1. The molecule has 1 aromatic carbocycles. The zero-order valence-corrected chi connectivity index (χ0v) is 12.3. The highest BCUT2D eigenvalue weighted by Gasteiger charge is 2.38. The van der Waals surface area contributed by atoms with Crippen molar-refractivity contribution in [1.82, 2.24) is 4.90 Å². The SMILES string of the molecule is COC1CC(C(=O)O)N(C(=O)/C=C/c2ccccc2Cl)C1. The summed E-state index contributed by atoms with van der Waals surface area (Å²) in [5.74, 6) is -1.38. The van der Waals surface area contributed by atoms with Crippen molar-refractivity contribution in [2.75, 3.05) is 13.7 Å². The molecule has 6 heteroatoms. The molecule has 1 aliphatic rings. The number of amides is 1. The normalized spacial score (nSPS) is 21.9. The van der Waals surface area contributed by atoms with E-state index >= 15 is 0 Å². The van der Waals surface area contributed by atoms with Gasteiger partial charge in [-0.1, -0.05) is 29.8 Å². The number of hydrogen-bond acceptors (Lipinski definition) is 3. The van der Waals surface area contributed by atoms with Gasteiger partial charge < -0.3 is 14.7 Å². The molecule has 1 heterocycles. The van der Waals surface area contributed by atoms with E-state index in [9.17, 15) is 14.7 Å². The molecule has 5 nitrogen and oxygen atoms in total. The summed E-state index contributed by atoms with van der Waals surface area (Å²) in [6.07, 6.45) is 2.99. The molecule has 2 unspecified atom stereocenters. The first-order valence-corrected chi connectivity index (χ1v) is 6.89. The number of likely N-dealkylation sites (tertiary alicyclic amines) is 1. The van der Waals surface area contributed by atoms with E-state index < -0.39 is 12.0 Å². The predicted molar refractivity (Wildman–Crippen MR) is 79.0 cm³/mol. The molecule has 0 radical (unpaired) electrons. The van der Waals surface area contributed by atoms with Crippen LogP contribution in [0.2, 0.25) is 5.02 Å². The average molecular weight is 310 g/mol. The second-order valence-corrected chi connectivity index (χ2v) is 5.20. The summed E-state index contributed by atoms with van der Waals surface area (Å²) < 4.78 is 5.15. The molecule has 1 amide bonds. The maximum Gasteiger partial charge on any atom is 0.326 e. The Balaban J connectivity index is 2.12. The number of aliphatic carboxylic acids is 1. The molecule has 0 bridgehead atoms. The number of carbonyl (C=O) groups is 2. The van der Waals surface area contributed by atoms with Crippen LogP contribution < -0.4 is 0 Å². The lowest BCUT2D eigenvalue weighted by atomic mass is 10.2. The van der Waals surface area contributed by atoms with Gasteiger partial charge in [-0.25, -0.2) is 4.79 Å². The summed E-state index contributed by atoms with van der Waals surface area (Å²) in [4.78, 5) is 24.7. The number of hydrogen-bond donors (Lipinski definition) is 1. The fraction of sp³-hybridized carbons (Fsp3) is 0.333. The Bertz CT molecular complexity index is 573. The third-order valence-electron chi connectivity index (χ3n) is 3.47. The van der Waals surface area contributed by atoms with Crippen molar-refractivity contribution < 1.29 is 19.4 Å². The molecule has 2 rings (SSSR count). The van der Waals surface area contributed by atoms with Gasteiger partial charge in [0, 0.05) is 31.2 Å². The van der Waals surface area contributed by atoms with Gasteiger partial charge in [0.05, 0.1) is 6.10 Å². The Hall–Kier alpha value is -1.85. The number of carboxylic acid groups (broad SMARTS) is 1. The van der Waals surface area contributed by atoms with Gasteiger partial charge in [-0.15, -0.1) is 0 Å². The Kier molecular flexibility index (Phi) is 4.98. The Morgan fingerprint density at radius 2 is 2.14 bits per heavy atom. The number of carbonyl (C=O) groups excluding carboxylic acids is 1. The molecule has 2 atom stereocenters. The lowest BCUT2D eigenvalue weighted by molar-refractivity contribution is -0.146. The summed E-state index contributed by atoms with van der Waals surface area (Å²) in [6.45, 7) is 0.277. The topological polar surface area (TPSA) is 66.8 Å². The lowest BCUT2D eigenvalue weighted by Gasteiger charge is -2.19. The molecule has 112 valence electrons. The van der Waals surface area contributed by atoms with Crippen molar-refractivity contribution in [3.8, 4) is 0 Å². The molecule has 21 heavy (non-hydrogen) atoms. The molecular formula is C15H16ClNO4. The molecule has 0 spiro atoms. The van der Waals surface area contributed by atoms with Crippen molar-refractivity contribution >= 4 is 29.6 Å². The molecule has 1 fully saturated rings. The van der Waals surface area contributed by atoms with E-state index in [0.29, 0.717) is 17.0 Å². The molecule has 1 aliphatic heterocycles. The minimum atomic E-state index is -1.02. The maximum atomic E-state index is 12.2. The standard InChI is InChI=1S/C15H16ClNO4/c1-21-11-8-13(15(19)20)17(9-11)14(18)7-6-10-4-2-3-5-12(10)16/h2-7,11,13H,8-9H2,1H3,(H,19,20)/b7-6+. The van der Waals surface area contributed by atoms with E-state index in [1.165, 1.54) is 18.1 Å². The maximum absolute atomic E-state index is 12.2. The first kappa shape index (κ1) is 15.5. The molecule has 1 N–H and O–H groups in total. The number of rotatable bonds is 4. The van der Waals surface area contributed by atoms with Crippen molar-refractivity contribution in [3.63, 3.8) is 0 Å². The van der Waals surface area contributed by atoms with Crippen LogP contribution in [0.4, 0.5) is 0 Å². The van der Waals surface area contributed by atoms with Crippen LogP contribution in [0, 0.1) is 0 Å². The zero-order chi connectivity index (χ0) is 15.4. The Labute approximate surface area is 127 Å². The van der Waals surface area contributed by atoms with Crippen molar-refractivity contribution in [2.24, 2.45) is 0 Å². The van der Waals surface area contributed by atoms with Gasteiger partial charge in [-0.3, -0.25) is 4.79 Å². The number of nitrogens with zero attached hydrogens (tertiary/aromatic N) is 1. The van der Waals surface area contributed by atoms with Crippen LogP contribution in [0.5, 0.6) is 0 Å². The van der Waals surface area contributed by atoms with Crippen LogP contribution in [0.15, 0.2) is 30.3 Å². The molecule has 0 saturated carbocycles. The summed E-state index contributed by atoms with van der Waals surface area (Å²) in [5, 5.41) is 9.72. The Morgan fingerprint density at radius 3 is 2.76 bits per heavy atom. The highest BCUT2D eigenvalue weighted by molar-refractivity contribution is 6.32. The predicted octanol–water partition coefficient (Wildman–Crippen LogP) is 2.05. The van der Waals surface area contributed by atoms with Gasteiger partial charge in [0.1, 0.15) is 6.04 Å². The smallest absolute Gasteiger partial charge is 0.326 e. The van der Waals surface area contributed by atoms with Crippen molar-refractivity contribution in [1.29, 1.82) is 0 Å². The number of benzene rings is 1. The number of carboxylic acids is 1. The third-order valence-corrected chi connectivity index (χ3v) is 3.82. The molecule has 1 aromatic rings. The second kappa shape index (κ2) is 6.74. The minimum absolute atomic E-state index is 0.247. The fourth-order valence-corrected chi connectivity index (χ4v) is 2.51. The van der Waals surface area contributed by atoms with Crippen LogP contribution >= 0.6 is 11.6 Å².